The minimum absolute atomic E-state index is 0.0524. The molecule has 2 rings (SSSR count). The highest BCUT2D eigenvalue weighted by atomic mass is 16.5. The summed E-state index contributed by atoms with van der Waals surface area (Å²) in [6.45, 7) is 2.91. The Balaban J connectivity index is 1.91. The normalized spacial score (nSPS) is 17.9. The van der Waals surface area contributed by atoms with E-state index >= 15 is 0 Å². The summed E-state index contributed by atoms with van der Waals surface area (Å²) in [5, 5.41) is 6.15. The van der Waals surface area contributed by atoms with Crippen LogP contribution in [0.5, 0.6) is 5.75 Å². The molecule has 110 valence electrons. The SMILES string of the molecule is COCCCOc1ccccc1NC(=O)C1CCNC1. The van der Waals surface area contributed by atoms with E-state index in [0.717, 1.165) is 31.6 Å². The zero-order valence-electron chi connectivity index (χ0n) is 11.9. The summed E-state index contributed by atoms with van der Waals surface area (Å²) in [6, 6.07) is 7.53. The molecule has 2 N–H and O–H groups in total. The van der Waals surface area contributed by atoms with Gasteiger partial charge in [-0.3, -0.25) is 4.79 Å². The molecule has 1 unspecified atom stereocenters. The molecule has 0 aliphatic carbocycles. The number of hydrogen-bond donors (Lipinski definition) is 2. The summed E-state index contributed by atoms with van der Waals surface area (Å²) < 4.78 is 10.7. The maximum atomic E-state index is 12.1. The third-order valence-electron chi connectivity index (χ3n) is 3.33. The minimum atomic E-state index is 0.0524. The van der Waals surface area contributed by atoms with Gasteiger partial charge in [-0.25, -0.2) is 0 Å². The fourth-order valence-electron chi connectivity index (χ4n) is 2.19. The van der Waals surface area contributed by atoms with Crippen molar-refractivity contribution in [1.29, 1.82) is 0 Å². The highest BCUT2D eigenvalue weighted by Crippen LogP contribution is 2.25. The zero-order chi connectivity index (χ0) is 14.2. The Morgan fingerprint density at radius 2 is 2.25 bits per heavy atom. The number of hydrogen-bond acceptors (Lipinski definition) is 4. The molecule has 0 bridgehead atoms. The van der Waals surface area contributed by atoms with Crippen molar-refractivity contribution in [3.8, 4) is 5.75 Å². The van der Waals surface area contributed by atoms with Crippen LogP contribution in [0.15, 0.2) is 24.3 Å². The molecule has 0 saturated carbocycles. The molecule has 0 spiro atoms. The van der Waals surface area contributed by atoms with Gasteiger partial charge in [0.1, 0.15) is 5.75 Å². The first-order valence-corrected chi connectivity index (χ1v) is 7.03. The molecule has 1 amide bonds. The quantitative estimate of drug-likeness (QED) is 0.745. The fraction of sp³-hybridized carbons (Fsp3) is 0.533. The van der Waals surface area contributed by atoms with Gasteiger partial charge in [-0.05, 0) is 25.1 Å². The van der Waals surface area contributed by atoms with E-state index in [0.29, 0.717) is 19.0 Å². The lowest BCUT2D eigenvalue weighted by atomic mass is 10.1. The number of para-hydroxylation sites is 2. The lowest BCUT2D eigenvalue weighted by Crippen LogP contribution is -2.24. The summed E-state index contributed by atoms with van der Waals surface area (Å²) >= 11 is 0. The number of rotatable bonds is 7. The van der Waals surface area contributed by atoms with Crippen LogP contribution in [0.3, 0.4) is 0 Å². The van der Waals surface area contributed by atoms with Crippen LogP contribution in [0.1, 0.15) is 12.8 Å². The molecule has 1 fully saturated rings. The van der Waals surface area contributed by atoms with E-state index in [1.54, 1.807) is 7.11 Å². The molecule has 1 atom stereocenters. The van der Waals surface area contributed by atoms with Crippen LogP contribution in [0, 0.1) is 5.92 Å². The zero-order valence-corrected chi connectivity index (χ0v) is 11.9. The Morgan fingerprint density at radius 3 is 3.00 bits per heavy atom. The Labute approximate surface area is 119 Å². The average molecular weight is 278 g/mol. The Kier molecular flexibility index (Phi) is 5.83. The van der Waals surface area contributed by atoms with Gasteiger partial charge in [0.25, 0.3) is 0 Å². The molecular formula is C15H22N2O3. The first-order valence-electron chi connectivity index (χ1n) is 7.03. The summed E-state index contributed by atoms with van der Waals surface area (Å²) in [7, 11) is 1.67. The number of nitrogens with one attached hydrogen (secondary N) is 2. The second-order valence-corrected chi connectivity index (χ2v) is 4.87. The van der Waals surface area contributed by atoms with E-state index in [-0.39, 0.29) is 11.8 Å². The number of amides is 1. The van der Waals surface area contributed by atoms with Gasteiger partial charge < -0.3 is 20.1 Å². The summed E-state index contributed by atoms with van der Waals surface area (Å²) in [6.07, 6.45) is 1.72. The van der Waals surface area contributed by atoms with Gasteiger partial charge in [-0.1, -0.05) is 12.1 Å². The highest BCUT2D eigenvalue weighted by Gasteiger charge is 2.23. The molecule has 20 heavy (non-hydrogen) atoms. The Hall–Kier alpha value is -1.59. The monoisotopic (exact) mass is 278 g/mol. The first kappa shape index (κ1) is 14.8. The van der Waals surface area contributed by atoms with E-state index in [2.05, 4.69) is 10.6 Å². The maximum Gasteiger partial charge on any atom is 0.228 e. The molecule has 1 aromatic rings. The molecule has 1 aliphatic heterocycles. The largest absolute Gasteiger partial charge is 0.491 e. The number of ether oxygens (including phenoxy) is 2. The van der Waals surface area contributed by atoms with Crippen molar-refractivity contribution < 1.29 is 14.3 Å². The van der Waals surface area contributed by atoms with Gasteiger partial charge in [0.05, 0.1) is 18.2 Å². The number of benzene rings is 1. The molecule has 0 aromatic heterocycles. The third-order valence-corrected chi connectivity index (χ3v) is 3.33. The van der Waals surface area contributed by atoms with Crippen LogP contribution in [0.25, 0.3) is 0 Å². The van der Waals surface area contributed by atoms with E-state index in [9.17, 15) is 4.79 Å². The van der Waals surface area contributed by atoms with E-state index in [1.807, 2.05) is 24.3 Å². The highest BCUT2D eigenvalue weighted by molar-refractivity contribution is 5.94. The predicted octanol–water partition coefficient (Wildman–Crippen LogP) is 1.65. The maximum absolute atomic E-state index is 12.1. The Bertz CT molecular complexity index is 431. The van der Waals surface area contributed by atoms with Crippen LogP contribution >= 0.6 is 0 Å². The van der Waals surface area contributed by atoms with Crippen molar-refractivity contribution in [3.05, 3.63) is 24.3 Å². The van der Waals surface area contributed by atoms with Crippen molar-refractivity contribution in [1.82, 2.24) is 5.32 Å². The van der Waals surface area contributed by atoms with Gasteiger partial charge in [0.15, 0.2) is 0 Å². The van der Waals surface area contributed by atoms with Crippen LogP contribution in [-0.2, 0) is 9.53 Å². The fourth-order valence-corrected chi connectivity index (χ4v) is 2.19. The van der Waals surface area contributed by atoms with Crippen molar-refractivity contribution in [2.24, 2.45) is 5.92 Å². The predicted molar refractivity (Wildman–Crippen MR) is 78.0 cm³/mol. The van der Waals surface area contributed by atoms with Crippen LogP contribution < -0.4 is 15.4 Å². The molecular weight excluding hydrogens is 256 g/mol. The molecule has 1 aliphatic rings. The molecule has 1 saturated heterocycles. The van der Waals surface area contributed by atoms with Crippen molar-refractivity contribution >= 4 is 11.6 Å². The smallest absolute Gasteiger partial charge is 0.228 e. The lowest BCUT2D eigenvalue weighted by Gasteiger charge is -2.14. The average Bonchev–Trinajstić information content (AvgIpc) is 2.99. The van der Waals surface area contributed by atoms with Crippen LogP contribution in [0.2, 0.25) is 0 Å². The van der Waals surface area contributed by atoms with E-state index in [4.69, 9.17) is 9.47 Å². The second kappa shape index (κ2) is 7.87. The van der Waals surface area contributed by atoms with Gasteiger partial charge in [0, 0.05) is 26.7 Å². The topological polar surface area (TPSA) is 59.6 Å². The Morgan fingerprint density at radius 1 is 1.40 bits per heavy atom. The van der Waals surface area contributed by atoms with Gasteiger partial charge in [-0.15, -0.1) is 0 Å². The molecule has 1 aromatic carbocycles. The molecule has 5 heteroatoms. The third kappa shape index (κ3) is 4.21. The molecule has 1 heterocycles. The lowest BCUT2D eigenvalue weighted by molar-refractivity contribution is -0.119. The van der Waals surface area contributed by atoms with E-state index in [1.165, 1.54) is 0 Å². The van der Waals surface area contributed by atoms with Crippen molar-refractivity contribution in [2.45, 2.75) is 12.8 Å². The number of carbonyl (C=O) groups is 1. The number of carbonyl (C=O) groups excluding carboxylic acids is 1. The van der Waals surface area contributed by atoms with Crippen LogP contribution in [-0.4, -0.2) is 39.3 Å². The van der Waals surface area contributed by atoms with Gasteiger partial charge >= 0.3 is 0 Å². The van der Waals surface area contributed by atoms with Gasteiger partial charge in [0.2, 0.25) is 5.91 Å². The van der Waals surface area contributed by atoms with Crippen molar-refractivity contribution in [3.63, 3.8) is 0 Å². The first-order chi connectivity index (χ1) is 9.81. The van der Waals surface area contributed by atoms with Crippen LogP contribution in [0.4, 0.5) is 5.69 Å². The summed E-state index contributed by atoms with van der Waals surface area (Å²) in [5.74, 6) is 0.822. The number of anilines is 1. The van der Waals surface area contributed by atoms with E-state index < -0.39 is 0 Å². The number of methoxy groups -OCH3 is 1. The summed E-state index contributed by atoms with van der Waals surface area (Å²) in [4.78, 5) is 12.1. The minimum Gasteiger partial charge on any atom is -0.491 e. The summed E-state index contributed by atoms with van der Waals surface area (Å²) in [5.41, 5.74) is 0.738. The standard InChI is InChI=1S/C15H22N2O3/c1-19-9-4-10-20-14-6-3-2-5-13(14)17-15(18)12-7-8-16-11-12/h2-3,5-6,12,16H,4,7-11H2,1H3,(H,17,18). The van der Waals surface area contributed by atoms with Crippen molar-refractivity contribution in [2.75, 3.05) is 38.7 Å². The van der Waals surface area contributed by atoms with Gasteiger partial charge in [-0.2, -0.15) is 0 Å². The molecule has 0 radical (unpaired) electrons. The molecule has 5 nitrogen and oxygen atoms in total. The second-order valence-electron chi connectivity index (χ2n) is 4.87.